The fraction of sp³-hybridized carbons (Fsp3) is 0.417. The predicted octanol–water partition coefficient (Wildman–Crippen LogP) is 3.56. The highest BCUT2D eigenvalue weighted by Gasteiger charge is 2.42. The van der Waals surface area contributed by atoms with Crippen molar-refractivity contribution in [2.45, 2.75) is 31.2 Å². The van der Waals surface area contributed by atoms with Gasteiger partial charge in [-0.1, -0.05) is 0 Å². The van der Waals surface area contributed by atoms with Crippen LogP contribution in [0.1, 0.15) is 25.6 Å². The van der Waals surface area contributed by atoms with E-state index in [1.807, 2.05) is 6.92 Å². The van der Waals surface area contributed by atoms with Crippen LogP contribution in [0, 0.1) is 11.6 Å². The first-order valence-corrected chi connectivity index (χ1v) is 6.02. The summed E-state index contributed by atoms with van der Waals surface area (Å²) in [6.07, 6.45) is 1.89. The molecule has 0 unspecified atom stereocenters. The Bertz CT molecular complexity index is 602. The van der Waals surface area contributed by atoms with Crippen LogP contribution in [0.15, 0.2) is 12.1 Å². The maximum atomic E-state index is 13.9. The highest BCUT2D eigenvalue weighted by atomic mass is 35.5. The van der Waals surface area contributed by atoms with Gasteiger partial charge in [-0.25, -0.2) is 13.8 Å². The number of alkyl halides is 1. The van der Waals surface area contributed by atoms with Crippen molar-refractivity contribution in [1.29, 1.82) is 0 Å². The molecule has 2 aromatic rings. The highest BCUT2D eigenvalue weighted by molar-refractivity contribution is 6.16. The number of rotatable bonds is 2. The van der Waals surface area contributed by atoms with E-state index in [1.165, 1.54) is 6.07 Å². The standard InChI is InChI=1S/C12H11ClF2N2/c1-12(4-5-12)17-9(6-13)16-8-3-2-7(14)10(15)11(8)17/h2-3H,4-6H2,1H3. The van der Waals surface area contributed by atoms with Crippen LogP contribution >= 0.6 is 11.6 Å². The maximum Gasteiger partial charge on any atom is 0.184 e. The van der Waals surface area contributed by atoms with Crippen molar-refractivity contribution in [3.8, 4) is 0 Å². The first-order valence-electron chi connectivity index (χ1n) is 5.48. The quantitative estimate of drug-likeness (QED) is 0.751. The van der Waals surface area contributed by atoms with Crippen LogP contribution in [0.4, 0.5) is 8.78 Å². The third kappa shape index (κ3) is 1.47. The smallest absolute Gasteiger partial charge is 0.184 e. The first kappa shape index (κ1) is 11.0. The highest BCUT2D eigenvalue weighted by Crippen LogP contribution is 2.46. The Labute approximate surface area is 102 Å². The molecule has 1 aromatic heterocycles. The fourth-order valence-corrected chi connectivity index (χ4v) is 2.41. The minimum absolute atomic E-state index is 0.159. The molecule has 0 N–H and O–H groups in total. The summed E-state index contributed by atoms with van der Waals surface area (Å²) >= 11 is 5.83. The summed E-state index contributed by atoms with van der Waals surface area (Å²) < 4.78 is 28.9. The Morgan fingerprint density at radius 1 is 1.41 bits per heavy atom. The molecule has 1 heterocycles. The second-order valence-corrected chi connectivity index (χ2v) is 4.99. The molecule has 0 amide bonds. The Morgan fingerprint density at radius 3 is 2.71 bits per heavy atom. The van der Waals surface area contributed by atoms with Gasteiger partial charge in [0.05, 0.1) is 11.4 Å². The van der Waals surface area contributed by atoms with Gasteiger partial charge in [-0.3, -0.25) is 0 Å². The van der Waals surface area contributed by atoms with Crippen molar-refractivity contribution in [3.63, 3.8) is 0 Å². The van der Waals surface area contributed by atoms with Gasteiger partial charge in [0.15, 0.2) is 11.6 Å². The lowest BCUT2D eigenvalue weighted by Crippen LogP contribution is -2.15. The van der Waals surface area contributed by atoms with Crippen molar-refractivity contribution >= 4 is 22.6 Å². The van der Waals surface area contributed by atoms with Gasteiger partial charge in [-0.2, -0.15) is 0 Å². The zero-order valence-corrected chi connectivity index (χ0v) is 10.1. The molecule has 1 aromatic carbocycles. The maximum absolute atomic E-state index is 13.9. The molecule has 0 radical (unpaired) electrons. The normalized spacial score (nSPS) is 17.6. The van der Waals surface area contributed by atoms with Crippen LogP contribution in [0.5, 0.6) is 0 Å². The molecule has 0 aliphatic heterocycles. The number of halogens is 3. The largest absolute Gasteiger partial charge is 0.319 e. The van der Waals surface area contributed by atoms with E-state index in [4.69, 9.17) is 11.6 Å². The second-order valence-electron chi connectivity index (χ2n) is 4.72. The molecule has 90 valence electrons. The summed E-state index contributed by atoms with van der Waals surface area (Å²) in [5.41, 5.74) is 0.543. The van der Waals surface area contributed by atoms with Crippen LogP contribution in [-0.2, 0) is 11.4 Å². The van der Waals surface area contributed by atoms with E-state index in [2.05, 4.69) is 4.98 Å². The van der Waals surface area contributed by atoms with Crippen molar-refractivity contribution in [2.24, 2.45) is 0 Å². The number of benzene rings is 1. The molecular formula is C12H11ClF2N2. The van der Waals surface area contributed by atoms with Crippen molar-refractivity contribution in [1.82, 2.24) is 9.55 Å². The lowest BCUT2D eigenvalue weighted by Gasteiger charge is -2.15. The Hall–Kier alpha value is -1.16. The average molecular weight is 257 g/mol. The van der Waals surface area contributed by atoms with E-state index >= 15 is 0 Å². The summed E-state index contributed by atoms with van der Waals surface area (Å²) in [5.74, 6) is -0.875. The molecule has 0 spiro atoms. The molecule has 3 rings (SSSR count). The zero-order chi connectivity index (χ0) is 12.2. The average Bonchev–Trinajstić information content (AvgIpc) is 2.93. The van der Waals surface area contributed by atoms with E-state index < -0.39 is 11.6 Å². The van der Waals surface area contributed by atoms with Crippen LogP contribution < -0.4 is 0 Å². The number of hydrogen-bond donors (Lipinski definition) is 0. The number of nitrogens with zero attached hydrogens (tertiary/aromatic N) is 2. The van der Waals surface area contributed by atoms with Crippen molar-refractivity contribution in [3.05, 3.63) is 29.6 Å². The molecule has 0 bridgehead atoms. The lowest BCUT2D eigenvalue weighted by atomic mass is 10.2. The zero-order valence-electron chi connectivity index (χ0n) is 9.30. The summed E-state index contributed by atoms with van der Waals surface area (Å²) in [7, 11) is 0. The molecule has 1 aliphatic carbocycles. The fourth-order valence-electron chi connectivity index (χ4n) is 2.23. The third-order valence-electron chi connectivity index (χ3n) is 3.41. The van der Waals surface area contributed by atoms with E-state index in [9.17, 15) is 8.78 Å². The van der Waals surface area contributed by atoms with E-state index in [0.29, 0.717) is 11.3 Å². The van der Waals surface area contributed by atoms with E-state index in [1.54, 1.807) is 4.57 Å². The lowest BCUT2D eigenvalue weighted by molar-refractivity contribution is 0.490. The summed E-state index contributed by atoms with van der Waals surface area (Å²) in [6.45, 7) is 2.01. The number of aromatic nitrogens is 2. The molecule has 5 heteroatoms. The van der Waals surface area contributed by atoms with Crippen molar-refractivity contribution in [2.75, 3.05) is 0 Å². The predicted molar refractivity (Wildman–Crippen MR) is 62.1 cm³/mol. The SMILES string of the molecule is CC1(n2c(CCl)nc3ccc(F)c(F)c32)CC1. The van der Waals surface area contributed by atoms with Gasteiger partial charge < -0.3 is 4.57 Å². The molecule has 1 fully saturated rings. The summed E-state index contributed by atoms with van der Waals surface area (Å²) in [4.78, 5) is 4.26. The molecule has 0 atom stereocenters. The summed E-state index contributed by atoms with van der Waals surface area (Å²) in [5, 5.41) is 0. The topological polar surface area (TPSA) is 17.8 Å². The van der Waals surface area contributed by atoms with Gasteiger partial charge in [0.25, 0.3) is 0 Å². The molecular weight excluding hydrogens is 246 g/mol. The van der Waals surface area contributed by atoms with Crippen molar-refractivity contribution < 1.29 is 8.78 Å². The Kier molecular flexibility index (Phi) is 2.20. The van der Waals surface area contributed by atoms with E-state index in [-0.39, 0.29) is 16.9 Å². The molecule has 0 saturated heterocycles. The molecule has 2 nitrogen and oxygen atoms in total. The van der Waals surface area contributed by atoms with Gasteiger partial charge in [0.2, 0.25) is 0 Å². The second kappa shape index (κ2) is 3.42. The van der Waals surface area contributed by atoms with Crippen LogP contribution in [0.2, 0.25) is 0 Å². The third-order valence-corrected chi connectivity index (χ3v) is 3.65. The Balaban J connectivity index is 2.40. The first-order chi connectivity index (χ1) is 8.07. The van der Waals surface area contributed by atoms with Gasteiger partial charge in [-0.15, -0.1) is 11.6 Å². The summed E-state index contributed by atoms with van der Waals surface area (Å²) in [6, 6.07) is 2.59. The van der Waals surface area contributed by atoms with Crippen LogP contribution in [0.3, 0.4) is 0 Å². The number of imidazole rings is 1. The molecule has 1 aliphatic rings. The van der Waals surface area contributed by atoms with E-state index in [0.717, 1.165) is 18.9 Å². The number of fused-ring (bicyclic) bond motifs is 1. The van der Waals surface area contributed by atoms with Crippen LogP contribution in [-0.4, -0.2) is 9.55 Å². The molecule has 1 saturated carbocycles. The molecule has 17 heavy (non-hydrogen) atoms. The minimum atomic E-state index is -0.843. The monoisotopic (exact) mass is 256 g/mol. The Morgan fingerprint density at radius 2 is 2.12 bits per heavy atom. The number of hydrogen-bond acceptors (Lipinski definition) is 1. The van der Waals surface area contributed by atoms with Gasteiger partial charge in [-0.05, 0) is 31.9 Å². The van der Waals surface area contributed by atoms with Crippen LogP contribution in [0.25, 0.3) is 11.0 Å². The van der Waals surface area contributed by atoms with Gasteiger partial charge in [0.1, 0.15) is 11.3 Å². The van der Waals surface area contributed by atoms with Gasteiger partial charge in [0, 0.05) is 5.54 Å². The van der Waals surface area contributed by atoms with Gasteiger partial charge >= 0.3 is 0 Å². The minimum Gasteiger partial charge on any atom is -0.319 e.